The van der Waals surface area contributed by atoms with Gasteiger partial charge < -0.3 is 15.5 Å². The number of aliphatic hydroxyl groups is 2. The van der Waals surface area contributed by atoms with Crippen LogP contribution >= 0.6 is 0 Å². The van der Waals surface area contributed by atoms with Crippen LogP contribution in [-0.4, -0.2) is 43.1 Å². The Balaban J connectivity index is 1.45. The number of fused-ring (bicyclic) bond motifs is 1. The zero-order chi connectivity index (χ0) is 20.0. The molecule has 0 bridgehead atoms. The molecule has 0 saturated heterocycles. The summed E-state index contributed by atoms with van der Waals surface area (Å²) >= 11 is 0. The molecule has 2 saturated carbocycles. The highest BCUT2D eigenvalue weighted by Gasteiger charge is 2.39. The number of nitrogens with zero attached hydrogens (tertiary/aromatic N) is 3. The lowest BCUT2D eigenvalue weighted by atomic mass is 9.95. The van der Waals surface area contributed by atoms with Crippen molar-refractivity contribution < 1.29 is 10.2 Å². The molecule has 5 rings (SSSR count). The third kappa shape index (κ3) is 3.40. The molecule has 1 radical (unpaired) electrons. The van der Waals surface area contributed by atoms with Gasteiger partial charge in [-0.1, -0.05) is 31.0 Å². The fourth-order valence-electron chi connectivity index (χ4n) is 4.81. The Morgan fingerprint density at radius 1 is 1.07 bits per heavy atom. The van der Waals surface area contributed by atoms with Crippen molar-refractivity contribution in [1.82, 2.24) is 14.6 Å². The largest absolute Gasteiger partial charge is 0.390 e. The second-order valence-electron chi connectivity index (χ2n) is 8.46. The zero-order valence-electron chi connectivity index (χ0n) is 16.4. The summed E-state index contributed by atoms with van der Waals surface area (Å²) in [6.45, 7) is 3.92. The lowest BCUT2D eigenvalue weighted by molar-refractivity contribution is 0.0256. The fourth-order valence-corrected chi connectivity index (χ4v) is 4.81. The molecule has 0 amide bonds. The molecule has 0 aliphatic heterocycles. The van der Waals surface area contributed by atoms with E-state index in [4.69, 9.17) is 5.10 Å². The van der Waals surface area contributed by atoms with Gasteiger partial charge in [-0.3, -0.25) is 0 Å². The normalized spacial score (nSPS) is 27.7. The van der Waals surface area contributed by atoms with Gasteiger partial charge in [0, 0.05) is 17.8 Å². The van der Waals surface area contributed by atoms with Crippen LogP contribution in [0.15, 0.2) is 42.6 Å². The van der Waals surface area contributed by atoms with E-state index < -0.39 is 12.2 Å². The molecular weight excluding hydrogens is 364 g/mol. The van der Waals surface area contributed by atoms with Crippen LogP contribution in [0.3, 0.4) is 0 Å². The molecule has 2 aromatic heterocycles. The molecule has 6 nitrogen and oxygen atoms in total. The van der Waals surface area contributed by atoms with E-state index in [-0.39, 0.29) is 12.0 Å². The van der Waals surface area contributed by atoms with Crippen molar-refractivity contribution in [2.24, 2.45) is 5.92 Å². The van der Waals surface area contributed by atoms with Crippen LogP contribution in [0.2, 0.25) is 0 Å². The number of rotatable bonds is 4. The minimum absolute atomic E-state index is 0.189. The maximum absolute atomic E-state index is 10.3. The van der Waals surface area contributed by atoms with Gasteiger partial charge in [-0.15, -0.1) is 0 Å². The van der Waals surface area contributed by atoms with Gasteiger partial charge in [-0.05, 0) is 55.7 Å². The minimum atomic E-state index is -0.848. The van der Waals surface area contributed by atoms with Gasteiger partial charge in [0.15, 0.2) is 5.65 Å². The van der Waals surface area contributed by atoms with E-state index in [0.717, 1.165) is 22.7 Å². The Labute approximate surface area is 170 Å². The Hall–Kier alpha value is -2.44. The van der Waals surface area contributed by atoms with Crippen LogP contribution in [0.1, 0.15) is 43.6 Å². The molecule has 6 heteroatoms. The zero-order valence-corrected chi connectivity index (χ0v) is 16.4. The van der Waals surface area contributed by atoms with Crippen molar-refractivity contribution in [2.45, 2.75) is 56.3 Å². The lowest BCUT2D eigenvalue weighted by Crippen LogP contribution is -2.35. The summed E-state index contributed by atoms with van der Waals surface area (Å²) in [7, 11) is 0. The predicted octanol–water partition coefficient (Wildman–Crippen LogP) is 3.41. The van der Waals surface area contributed by atoms with Crippen molar-refractivity contribution >= 4 is 11.5 Å². The highest BCUT2D eigenvalue weighted by molar-refractivity contribution is 5.66. The van der Waals surface area contributed by atoms with Gasteiger partial charge in [-0.25, -0.2) is 4.98 Å². The maximum Gasteiger partial charge on any atom is 0.157 e. The van der Waals surface area contributed by atoms with Gasteiger partial charge in [0.05, 0.1) is 17.8 Å². The van der Waals surface area contributed by atoms with E-state index in [9.17, 15) is 10.2 Å². The van der Waals surface area contributed by atoms with Gasteiger partial charge in [0.1, 0.15) is 11.9 Å². The summed E-state index contributed by atoms with van der Waals surface area (Å²) in [5, 5.41) is 28.4. The quantitative estimate of drug-likeness (QED) is 0.635. The second-order valence-corrected chi connectivity index (χ2v) is 8.46. The van der Waals surface area contributed by atoms with Crippen molar-refractivity contribution in [3.8, 4) is 11.3 Å². The number of aromatic nitrogens is 3. The summed E-state index contributed by atoms with van der Waals surface area (Å²) in [5.41, 5.74) is 4.12. The Morgan fingerprint density at radius 2 is 1.90 bits per heavy atom. The third-order valence-corrected chi connectivity index (χ3v) is 6.50. The first-order valence-corrected chi connectivity index (χ1v) is 10.5. The van der Waals surface area contributed by atoms with E-state index in [1.54, 1.807) is 10.7 Å². The van der Waals surface area contributed by atoms with Gasteiger partial charge in [0.25, 0.3) is 0 Å². The third-order valence-electron chi connectivity index (χ3n) is 6.50. The van der Waals surface area contributed by atoms with Gasteiger partial charge in [0.2, 0.25) is 0 Å². The molecular formula is C23H27N4O2. The Bertz CT molecular complexity index is 1010. The predicted molar refractivity (Wildman–Crippen MR) is 113 cm³/mol. The van der Waals surface area contributed by atoms with E-state index in [1.165, 1.54) is 31.2 Å². The average molecular weight is 391 g/mol. The van der Waals surface area contributed by atoms with E-state index >= 15 is 0 Å². The minimum Gasteiger partial charge on any atom is -0.390 e. The van der Waals surface area contributed by atoms with Crippen LogP contribution in [0.5, 0.6) is 0 Å². The number of anilines is 1. The number of benzene rings is 1. The number of aliphatic hydroxyl groups excluding tert-OH is 2. The molecule has 2 fully saturated rings. The van der Waals surface area contributed by atoms with Crippen LogP contribution in [-0.2, 0) is 0 Å². The van der Waals surface area contributed by atoms with Crippen molar-refractivity contribution in [2.75, 3.05) is 5.32 Å². The van der Waals surface area contributed by atoms with E-state index in [0.29, 0.717) is 12.3 Å². The van der Waals surface area contributed by atoms with Crippen LogP contribution in [0.25, 0.3) is 16.9 Å². The summed E-state index contributed by atoms with van der Waals surface area (Å²) in [6.07, 6.45) is 5.85. The SMILES string of the molecule is [CH2][C@@H]1C[C@@H](Nc2ccnc3cc(-c4cccc(C5CCCC5)c4)nn23)[C@H](O)[C@@H]1O. The monoisotopic (exact) mass is 391 g/mol. The Morgan fingerprint density at radius 3 is 2.66 bits per heavy atom. The average Bonchev–Trinajstić information content (AvgIpc) is 3.46. The highest BCUT2D eigenvalue weighted by Crippen LogP contribution is 2.35. The van der Waals surface area contributed by atoms with E-state index in [1.807, 2.05) is 12.1 Å². The van der Waals surface area contributed by atoms with Crippen LogP contribution in [0, 0.1) is 12.8 Å². The molecule has 29 heavy (non-hydrogen) atoms. The summed E-state index contributed by atoms with van der Waals surface area (Å²) < 4.78 is 1.77. The topological polar surface area (TPSA) is 82.7 Å². The summed E-state index contributed by atoms with van der Waals surface area (Å²) in [6, 6.07) is 12.3. The molecule has 151 valence electrons. The van der Waals surface area contributed by atoms with Crippen LogP contribution in [0.4, 0.5) is 5.82 Å². The highest BCUT2D eigenvalue weighted by atomic mass is 16.3. The first kappa shape index (κ1) is 18.6. The number of nitrogens with one attached hydrogen (secondary N) is 1. The van der Waals surface area contributed by atoms with Crippen LogP contribution < -0.4 is 5.32 Å². The van der Waals surface area contributed by atoms with Gasteiger partial charge in [-0.2, -0.15) is 9.61 Å². The van der Waals surface area contributed by atoms with Crippen molar-refractivity contribution in [3.05, 3.63) is 55.1 Å². The first-order valence-electron chi connectivity index (χ1n) is 10.5. The molecule has 2 aliphatic carbocycles. The Kier molecular flexibility index (Phi) is 4.76. The number of hydrogen-bond acceptors (Lipinski definition) is 5. The molecule has 3 aromatic rings. The standard InChI is InChI=1S/C23H27N4O2/c1-14-11-19(23(29)22(14)28)25-20-9-10-24-21-13-18(26-27(20)21)17-8-4-7-16(12-17)15-5-2-3-6-15/h4,7-10,12-15,19,22-23,25,28-29H,1-3,5-6,11H2/t14-,19-,22-,23+/m1/s1. The van der Waals surface area contributed by atoms with E-state index in [2.05, 4.69) is 41.5 Å². The van der Waals surface area contributed by atoms with Crippen molar-refractivity contribution in [3.63, 3.8) is 0 Å². The van der Waals surface area contributed by atoms with Crippen molar-refractivity contribution in [1.29, 1.82) is 0 Å². The molecule has 3 N–H and O–H groups in total. The fraction of sp³-hybridized carbons (Fsp3) is 0.435. The molecule has 2 aliphatic rings. The molecule has 0 unspecified atom stereocenters. The molecule has 4 atom stereocenters. The first-order chi connectivity index (χ1) is 14.1. The molecule has 2 heterocycles. The lowest BCUT2D eigenvalue weighted by Gasteiger charge is -2.19. The smallest absolute Gasteiger partial charge is 0.157 e. The van der Waals surface area contributed by atoms with Gasteiger partial charge >= 0.3 is 0 Å². The number of hydrogen-bond donors (Lipinski definition) is 3. The molecule has 0 spiro atoms. The maximum atomic E-state index is 10.3. The molecule has 1 aromatic carbocycles. The summed E-state index contributed by atoms with van der Waals surface area (Å²) in [5.74, 6) is 1.22. The second kappa shape index (κ2) is 7.43. The summed E-state index contributed by atoms with van der Waals surface area (Å²) in [4.78, 5) is 4.45.